The second kappa shape index (κ2) is 6.98. The van der Waals surface area contributed by atoms with Gasteiger partial charge in [-0.2, -0.15) is 18.3 Å². The number of alkyl halides is 3. The number of ether oxygens (including phenoxy) is 2. The van der Waals surface area contributed by atoms with Gasteiger partial charge in [0.05, 0.1) is 28.0 Å². The summed E-state index contributed by atoms with van der Waals surface area (Å²) in [5.41, 5.74) is 1.37. The Labute approximate surface area is 181 Å². The standard InChI is InChI=1S/C24H18F3N3O2/c25-24(26,27)17-13-18(15-8-9-19-20(12-15)32-11-10-31-19)28-23-21(17)22(14-6-7-14)29-30(23)16-4-2-1-3-5-16/h1-5,8-9,12-14H,6-7,10-11H2. The summed E-state index contributed by atoms with van der Waals surface area (Å²) in [5.74, 6) is 1.10. The molecule has 5 nitrogen and oxygen atoms in total. The molecule has 8 heteroatoms. The van der Waals surface area contributed by atoms with Crippen LogP contribution in [0.15, 0.2) is 54.6 Å². The number of fused-ring (bicyclic) bond motifs is 2. The van der Waals surface area contributed by atoms with Crippen LogP contribution in [-0.2, 0) is 6.18 Å². The van der Waals surface area contributed by atoms with Gasteiger partial charge in [0.25, 0.3) is 0 Å². The van der Waals surface area contributed by atoms with Crippen LogP contribution in [0.25, 0.3) is 28.0 Å². The number of pyridine rings is 1. The monoisotopic (exact) mass is 437 g/mol. The summed E-state index contributed by atoms with van der Waals surface area (Å²) < 4.78 is 55.4. The molecule has 4 aromatic rings. The molecule has 2 aromatic heterocycles. The van der Waals surface area contributed by atoms with E-state index in [2.05, 4.69) is 10.1 Å². The van der Waals surface area contributed by atoms with E-state index >= 15 is 0 Å². The summed E-state index contributed by atoms with van der Waals surface area (Å²) >= 11 is 0. The molecule has 1 fully saturated rings. The van der Waals surface area contributed by atoms with Crippen molar-refractivity contribution in [2.24, 2.45) is 0 Å². The molecule has 0 spiro atoms. The minimum atomic E-state index is -4.54. The molecule has 0 atom stereocenters. The second-order valence-electron chi connectivity index (χ2n) is 8.02. The highest BCUT2D eigenvalue weighted by Gasteiger charge is 2.39. The molecule has 0 radical (unpaired) electrons. The predicted molar refractivity (Wildman–Crippen MR) is 112 cm³/mol. The van der Waals surface area contributed by atoms with Gasteiger partial charge in [0, 0.05) is 11.5 Å². The third-order valence-corrected chi connectivity index (χ3v) is 5.77. The van der Waals surface area contributed by atoms with Gasteiger partial charge in [-0.1, -0.05) is 18.2 Å². The Hall–Kier alpha value is -3.55. The molecule has 0 unspecified atom stereocenters. The molecular weight excluding hydrogens is 419 g/mol. The number of para-hydroxylation sites is 1. The third-order valence-electron chi connectivity index (χ3n) is 5.77. The number of halogens is 3. The van der Waals surface area contributed by atoms with Crippen molar-refractivity contribution in [2.75, 3.05) is 13.2 Å². The van der Waals surface area contributed by atoms with Crippen LogP contribution in [0.2, 0.25) is 0 Å². The molecule has 2 aromatic carbocycles. The van der Waals surface area contributed by atoms with Crippen molar-refractivity contribution in [2.45, 2.75) is 24.9 Å². The molecule has 162 valence electrons. The maximum absolute atomic E-state index is 14.3. The normalized spacial score (nSPS) is 15.8. The Kier molecular flexibility index (Phi) is 4.18. The first-order chi connectivity index (χ1) is 15.5. The molecule has 1 aliphatic carbocycles. The first-order valence-electron chi connectivity index (χ1n) is 10.5. The summed E-state index contributed by atoms with van der Waals surface area (Å²) in [6, 6.07) is 15.3. The molecule has 32 heavy (non-hydrogen) atoms. The lowest BCUT2D eigenvalue weighted by molar-refractivity contribution is -0.136. The molecule has 1 saturated carbocycles. The van der Waals surface area contributed by atoms with E-state index in [4.69, 9.17) is 9.47 Å². The molecule has 0 saturated heterocycles. The minimum absolute atomic E-state index is 0.0329. The first kappa shape index (κ1) is 19.2. The Morgan fingerprint density at radius 1 is 0.906 bits per heavy atom. The number of aromatic nitrogens is 3. The van der Waals surface area contributed by atoms with Crippen molar-refractivity contribution in [3.05, 3.63) is 65.9 Å². The Balaban J connectivity index is 1.63. The molecule has 0 amide bonds. The number of benzene rings is 2. The molecule has 2 aliphatic rings. The van der Waals surface area contributed by atoms with Gasteiger partial charge in [-0.05, 0) is 49.2 Å². The SMILES string of the molecule is FC(F)(F)c1cc(-c2ccc3c(c2)OCCO3)nc2c1c(C1CC1)nn2-c1ccccc1. The zero-order valence-corrected chi connectivity index (χ0v) is 16.9. The van der Waals surface area contributed by atoms with Crippen LogP contribution in [0.5, 0.6) is 11.5 Å². The average Bonchev–Trinajstić information content (AvgIpc) is 3.58. The fraction of sp³-hybridized carbons (Fsp3) is 0.250. The maximum atomic E-state index is 14.3. The van der Waals surface area contributed by atoms with Crippen LogP contribution in [0.3, 0.4) is 0 Å². The molecule has 6 rings (SSSR count). The Morgan fingerprint density at radius 2 is 1.66 bits per heavy atom. The van der Waals surface area contributed by atoms with Crippen LogP contribution in [0, 0.1) is 0 Å². The predicted octanol–water partition coefficient (Wildman–Crippen LogP) is 5.75. The van der Waals surface area contributed by atoms with Gasteiger partial charge in [-0.15, -0.1) is 0 Å². The van der Waals surface area contributed by atoms with Crippen molar-refractivity contribution in [3.8, 4) is 28.4 Å². The lowest BCUT2D eigenvalue weighted by Gasteiger charge is -2.19. The highest BCUT2D eigenvalue weighted by molar-refractivity contribution is 5.88. The molecular formula is C24H18F3N3O2. The molecule has 0 bridgehead atoms. The van der Waals surface area contributed by atoms with Crippen LogP contribution in [-0.4, -0.2) is 28.0 Å². The Bertz CT molecular complexity index is 1330. The van der Waals surface area contributed by atoms with Crippen molar-refractivity contribution >= 4 is 11.0 Å². The highest BCUT2D eigenvalue weighted by Crippen LogP contribution is 2.47. The van der Waals surface area contributed by atoms with Gasteiger partial charge in [-0.25, -0.2) is 9.67 Å². The molecule has 3 heterocycles. The van der Waals surface area contributed by atoms with E-state index in [9.17, 15) is 13.2 Å². The van der Waals surface area contributed by atoms with Gasteiger partial charge in [0.15, 0.2) is 17.1 Å². The minimum Gasteiger partial charge on any atom is -0.486 e. The quantitative estimate of drug-likeness (QED) is 0.409. The summed E-state index contributed by atoms with van der Waals surface area (Å²) in [4.78, 5) is 4.68. The number of nitrogens with zero attached hydrogens (tertiary/aromatic N) is 3. The van der Waals surface area contributed by atoms with Crippen LogP contribution in [0.1, 0.15) is 30.0 Å². The summed E-state index contributed by atoms with van der Waals surface area (Å²) in [5, 5.41) is 4.70. The maximum Gasteiger partial charge on any atom is 0.417 e. The number of hydrogen-bond donors (Lipinski definition) is 0. The topological polar surface area (TPSA) is 49.2 Å². The van der Waals surface area contributed by atoms with E-state index in [-0.39, 0.29) is 22.6 Å². The van der Waals surface area contributed by atoms with Crippen molar-refractivity contribution < 1.29 is 22.6 Å². The van der Waals surface area contributed by atoms with Crippen molar-refractivity contribution in [1.29, 1.82) is 0 Å². The van der Waals surface area contributed by atoms with Crippen LogP contribution >= 0.6 is 0 Å². The lowest BCUT2D eigenvalue weighted by atomic mass is 10.0. The number of hydrogen-bond acceptors (Lipinski definition) is 4. The zero-order chi connectivity index (χ0) is 21.9. The van der Waals surface area contributed by atoms with E-state index in [0.29, 0.717) is 41.7 Å². The number of rotatable bonds is 3. The van der Waals surface area contributed by atoms with E-state index < -0.39 is 11.7 Å². The summed E-state index contributed by atoms with van der Waals surface area (Å²) in [7, 11) is 0. The largest absolute Gasteiger partial charge is 0.486 e. The Morgan fingerprint density at radius 3 is 2.38 bits per heavy atom. The second-order valence-corrected chi connectivity index (χ2v) is 8.02. The van der Waals surface area contributed by atoms with E-state index in [0.717, 1.165) is 18.9 Å². The van der Waals surface area contributed by atoms with Gasteiger partial charge in [-0.3, -0.25) is 0 Å². The molecule has 0 N–H and O–H groups in total. The van der Waals surface area contributed by atoms with Gasteiger partial charge in [0.1, 0.15) is 13.2 Å². The van der Waals surface area contributed by atoms with Gasteiger partial charge in [0.2, 0.25) is 0 Å². The lowest BCUT2D eigenvalue weighted by Crippen LogP contribution is -2.15. The van der Waals surface area contributed by atoms with Gasteiger partial charge >= 0.3 is 6.18 Å². The van der Waals surface area contributed by atoms with Crippen molar-refractivity contribution in [3.63, 3.8) is 0 Å². The van der Waals surface area contributed by atoms with Crippen LogP contribution in [0.4, 0.5) is 13.2 Å². The van der Waals surface area contributed by atoms with E-state index in [1.54, 1.807) is 18.2 Å². The highest BCUT2D eigenvalue weighted by atomic mass is 19.4. The fourth-order valence-electron chi connectivity index (χ4n) is 4.11. The molecule has 1 aliphatic heterocycles. The van der Waals surface area contributed by atoms with E-state index in [1.807, 2.05) is 30.3 Å². The smallest absolute Gasteiger partial charge is 0.417 e. The van der Waals surface area contributed by atoms with Gasteiger partial charge < -0.3 is 9.47 Å². The summed E-state index contributed by atoms with van der Waals surface area (Å²) in [6.45, 7) is 0.831. The van der Waals surface area contributed by atoms with Crippen molar-refractivity contribution in [1.82, 2.24) is 14.8 Å². The fourth-order valence-corrected chi connectivity index (χ4v) is 4.11. The first-order valence-corrected chi connectivity index (χ1v) is 10.5. The zero-order valence-electron chi connectivity index (χ0n) is 16.9. The van der Waals surface area contributed by atoms with Crippen LogP contribution < -0.4 is 9.47 Å². The third kappa shape index (κ3) is 3.18. The summed E-state index contributed by atoms with van der Waals surface area (Å²) in [6.07, 6.45) is -2.87. The van der Waals surface area contributed by atoms with E-state index in [1.165, 1.54) is 4.68 Å². The average molecular weight is 437 g/mol.